The molecule has 0 aliphatic heterocycles. The maximum absolute atomic E-state index is 12.7. The van der Waals surface area contributed by atoms with Crippen LogP contribution in [0.2, 0.25) is 0 Å². The van der Waals surface area contributed by atoms with Crippen LogP contribution in [0.5, 0.6) is 0 Å². The fourth-order valence-electron chi connectivity index (χ4n) is 2.56. The number of thioether (sulfide) groups is 1. The second-order valence-corrected chi connectivity index (χ2v) is 7.10. The van der Waals surface area contributed by atoms with Crippen molar-refractivity contribution in [2.75, 3.05) is 5.32 Å². The molecule has 1 N–H and O–H groups in total. The quantitative estimate of drug-likeness (QED) is 0.562. The van der Waals surface area contributed by atoms with Gasteiger partial charge in [-0.15, -0.1) is 0 Å². The summed E-state index contributed by atoms with van der Waals surface area (Å²) in [4.78, 5) is 25.5. The number of carbonyl (C=O) groups is 1. The minimum Gasteiger partial charge on any atom is -0.324 e. The number of rotatable bonds is 4. The van der Waals surface area contributed by atoms with E-state index in [1.807, 2.05) is 30.3 Å². The van der Waals surface area contributed by atoms with Gasteiger partial charge in [0, 0.05) is 11.6 Å². The number of aryl methyl sites for hydroxylation is 2. The van der Waals surface area contributed by atoms with Crippen molar-refractivity contribution in [1.29, 1.82) is 5.26 Å². The zero-order valence-corrected chi connectivity index (χ0v) is 15.5. The average Bonchev–Trinajstić information content (AvgIpc) is 2.61. The van der Waals surface area contributed by atoms with Gasteiger partial charge in [-0.1, -0.05) is 17.8 Å². The normalized spacial score (nSPS) is 11.8. The summed E-state index contributed by atoms with van der Waals surface area (Å²) in [5.41, 5.74) is 2.56. The molecule has 0 spiro atoms. The first-order chi connectivity index (χ1) is 12.5. The highest BCUT2D eigenvalue weighted by Crippen LogP contribution is 2.28. The predicted octanol–water partition coefficient (Wildman–Crippen LogP) is 3.63. The van der Waals surface area contributed by atoms with Gasteiger partial charge in [-0.3, -0.25) is 9.78 Å². The molecule has 2 heterocycles. The zero-order chi connectivity index (χ0) is 18.7. The minimum absolute atomic E-state index is 0.163. The number of anilines is 1. The molecule has 26 heavy (non-hydrogen) atoms. The third-order valence-electron chi connectivity index (χ3n) is 3.84. The maximum Gasteiger partial charge on any atom is 0.237 e. The molecule has 1 amide bonds. The van der Waals surface area contributed by atoms with Gasteiger partial charge in [0.25, 0.3) is 0 Å². The van der Waals surface area contributed by atoms with Gasteiger partial charge in [-0.25, -0.2) is 9.97 Å². The summed E-state index contributed by atoms with van der Waals surface area (Å²) in [6, 6.07) is 11.5. The number of nitrogens with one attached hydrogen (secondary N) is 1. The monoisotopic (exact) mass is 363 g/mol. The van der Waals surface area contributed by atoms with Crippen LogP contribution in [0.1, 0.15) is 24.0 Å². The summed E-state index contributed by atoms with van der Waals surface area (Å²) in [6.45, 7) is 5.33. The van der Waals surface area contributed by atoms with Gasteiger partial charge in [0.05, 0.1) is 22.1 Å². The Morgan fingerprint density at radius 1 is 1.23 bits per heavy atom. The molecule has 0 fully saturated rings. The Hall–Kier alpha value is -2.98. The molecule has 0 aliphatic carbocycles. The van der Waals surface area contributed by atoms with Gasteiger partial charge in [0.2, 0.25) is 5.91 Å². The van der Waals surface area contributed by atoms with E-state index in [1.165, 1.54) is 11.8 Å². The number of hydrogen-bond donors (Lipinski definition) is 1. The van der Waals surface area contributed by atoms with E-state index in [4.69, 9.17) is 0 Å². The van der Waals surface area contributed by atoms with E-state index < -0.39 is 5.25 Å². The molecule has 0 aliphatic rings. The summed E-state index contributed by atoms with van der Waals surface area (Å²) in [7, 11) is 0. The summed E-state index contributed by atoms with van der Waals surface area (Å²) >= 11 is 1.25. The van der Waals surface area contributed by atoms with Crippen molar-refractivity contribution in [2.45, 2.75) is 31.0 Å². The first kappa shape index (κ1) is 17.8. The number of amides is 1. The Bertz CT molecular complexity index is 1020. The molecule has 0 bridgehead atoms. The first-order valence-corrected chi connectivity index (χ1v) is 8.94. The number of hydrogen-bond acceptors (Lipinski definition) is 6. The summed E-state index contributed by atoms with van der Waals surface area (Å²) < 4.78 is 0. The zero-order valence-electron chi connectivity index (χ0n) is 14.6. The van der Waals surface area contributed by atoms with E-state index >= 15 is 0 Å². The van der Waals surface area contributed by atoms with Crippen LogP contribution in [0, 0.1) is 25.2 Å². The third kappa shape index (κ3) is 3.65. The number of nitrogens with zero attached hydrogens (tertiary/aromatic N) is 4. The second-order valence-electron chi connectivity index (χ2n) is 5.77. The van der Waals surface area contributed by atoms with Crippen LogP contribution in [0.3, 0.4) is 0 Å². The van der Waals surface area contributed by atoms with Gasteiger partial charge in [0.15, 0.2) is 0 Å². The standard InChI is InChI=1S/C19H17N5OS/c1-11-15(10-20)19(23-13(3)22-11)26-12(2)18(25)24-17-8-4-7-16-14(17)6-5-9-21-16/h4-9,12H,1-3H3,(H,24,25). The second kappa shape index (κ2) is 7.50. The van der Waals surface area contributed by atoms with E-state index in [0.29, 0.717) is 27.8 Å². The van der Waals surface area contributed by atoms with E-state index in [2.05, 4.69) is 26.3 Å². The molecule has 130 valence electrons. The molecule has 0 saturated carbocycles. The number of benzene rings is 1. The highest BCUT2D eigenvalue weighted by molar-refractivity contribution is 8.00. The van der Waals surface area contributed by atoms with Crippen molar-refractivity contribution in [3.63, 3.8) is 0 Å². The van der Waals surface area contributed by atoms with Crippen molar-refractivity contribution < 1.29 is 4.79 Å². The van der Waals surface area contributed by atoms with E-state index in [9.17, 15) is 10.1 Å². The SMILES string of the molecule is Cc1nc(C)c(C#N)c(SC(C)C(=O)Nc2cccc3ncccc23)n1. The molecule has 1 atom stereocenters. The largest absolute Gasteiger partial charge is 0.324 e. The van der Waals surface area contributed by atoms with Crippen LogP contribution in [-0.4, -0.2) is 26.1 Å². The summed E-state index contributed by atoms with van der Waals surface area (Å²) in [5.74, 6) is 0.417. The molecule has 3 rings (SSSR count). The Balaban J connectivity index is 1.82. The lowest BCUT2D eigenvalue weighted by Gasteiger charge is -2.14. The van der Waals surface area contributed by atoms with Gasteiger partial charge in [0.1, 0.15) is 22.5 Å². The fourth-order valence-corrected chi connectivity index (χ4v) is 3.56. The van der Waals surface area contributed by atoms with Crippen LogP contribution in [0.15, 0.2) is 41.6 Å². The molecule has 2 aromatic heterocycles. The van der Waals surface area contributed by atoms with E-state index in [-0.39, 0.29) is 5.91 Å². The van der Waals surface area contributed by atoms with Crippen molar-refractivity contribution in [2.24, 2.45) is 0 Å². The Morgan fingerprint density at radius 2 is 2.04 bits per heavy atom. The molecule has 1 aromatic carbocycles. The van der Waals surface area contributed by atoms with Crippen molar-refractivity contribution in [3.05, 3.63) is 53.6 Å². The van der Waals surface area contributed by atoms with Crippen LogP contribution >= 0.6 is 11.8 Å². The Labute approximate surface area is 155 Å². The van der Waals surface area contributed by atoms with Gasteiger partial charge in [-0.05, 0) is 45.0 Å². The van der Waals surface area contributed by atoms with Crippen LogP contribution in [0.4, 0.5) is 5.69 Å². The fraction of sp³-hybridized carbons (Fsp3) is 0.211. The van der Waals surface area contributed by atoms with Crippen molar-refractivity contribution >= 4 is 34.3 Å². The number of fused-ring (bicyclic) bond motifs is 1. The molecule has 6 nitrogen and oxygen atoms in total. The van der Waals surface area contributed by atoms with Crippen LogP contribution < -0.4 is 5.32 Å². The number of nitriles is 1. The van der Waals surface area contributed by atoms with Crippen LogP contribution in [0.25, 0.3) is 10.9 Å². The number of aromatic nitrogens is 3. The molecular formula is C19H17N5OS. The van der Waals surface area contributed by atoms with Crippen LogP contribution in [-0.2, 0) is 4.79 Å². The highest BCUT2D eigenvalue weighted by atomic mass is 32.2. The van der Waals surface area contributed by atoms with E-state index in [0.717, 1.165) is 10.9 Å². The van der Waals surface area contributed by atoms with Gasteiger partial charge >= 0.3 is 0 Å². The van der Waals surface area contributed by atoms with Gasteiger partial charge in [-0.2, -0.15) is 5.26 Å². The predicted molar refractivity (Wildman–Crippen MR) is 102 cm³/mol. The Morgan fingerprint density at radius 3 is 2.81 bits per heavy atom. The molecule has 0 radical (unpaired) electrons. The van der Waals surface area contributed by atoms with Crippen molar-refractivity contribution in [3.8, 4) is 6.07 Å². The topological polar surface area (TPSA) is 91.6 Å². The summed E-state index contributed by atoms with van der Waals surface area (Å²) in [6.07, 6.45) is 1.72. The van der Waals surface area contributed by atoms with E-state index in [1.54, 1.807) is 27.0 Å². The molecule has 7 heteroatoms. The number of carbonyl (C=O) groups excluding carboxylic acids is 1. The average molecular weight is 363 g/mol. The Kier molecular flexibility index (Phi) is 5.14. The number of pyridine rings is 1. The molecular weight excluding hydrogens is 346 g/mol. The first-order valence-electron chi connectivity index (χ1n) is 8.06. The highest BCUT2D eigenvalue weighted by Gasteiger charge is 2.20. The lowest BCUT2D eigenvalue weighted by atomic mass is 10.2. The van der Waals surface area contributed by atoms with Crippen molar-refractivity contribution in [1.82, 2.24) is 15.0 Å². The van der Waals surface area contributed by atoms with Gasteiger partial charge < -0.3 is 5.32 Å². The third-order valence-corrected chi connectivity index (χ3v) is 4.93. The maximum atomic E-state index is 12.7. The lowest BCUT2D eigenvalue weighted by Crippen LogP contribution is -2.23. The minimum atomic E-state index is -0.428. The molecule has 0 saturated heterocycles. The molecule has 1 unspecified atom stereocenters. The smallest absolute Gasteiger partial charge is 0.237 e. The molecule has 3 aromatic rings. The summed E-state index contributed by atoms with van der Waals surface area (Å²) in [5, 5.41) is 13.3. The lowest BCUT2D eigenvalue weighted by molar-refractivity contribution is -0.115.